The molecule has 0 bridgehead atoms. The highest BCUT2D eigenvalue weighted by Crippen LogP contribution is 2.26. The molecule has 0 amide bonds. The van der Waals surface area contributed by atoms with Crippen LogP contribution in [0.1, 0.15) is 40.5 Å². The van der Waals surface area contributed by atoms with Gasteiger partial charge in [0.15, 0.2) is 6.29 Å². The molecular formula is C16H18N2O3. The summed E-state index contributed by atoms with van der Waals surface area (Å²) in [5.74, 6) is 0.962. The Morgan fingerprint density at radius 1 is 1.33 bits per heavy atom. The second kappa shape index (κ2) is 5.41. The SMILES string of the molecule is Cc1cc(C=O)c2nc(C3CCOCC3)n(C)c(=O)c2c1. The van der Waals surface area contributed by atoms with E-state index in [0.29, 0.717) is 29.7 Å². The Morgan fingerprint density at radius 3 is 2.71 bits per heavy atom. The van der Waals surface area contributed by atoms with Crippen LogP contribution < -0.4 is 5.56 Å². The maximum atomic E-state index is 12.6. The number of benzene rings is 1. The Balaban J connectivity index is 2.27. The third-order valence-electron chi connectivity index (χ3n) is 4.10. The van der Waals surface area contributed by atoms with Crippen molar-refractivity contribution in [3.8, 4) is 0 Å². The van der Waals surface area contributed by atoms with E-state index in [9.17, 15) is 9.59 Å². The van der Waals surface area contributed by atoms with Crippen molar-refractivity contribution < 1.29 is 9.53 Å². The predicted octanol–water partition coefficient (Wildman–Crippen LogP) is 1.95. The number of carbonyl (C=O) groups excluding carboxylic acids is 1. The summed E-state index contributed by atoms with van der Waals surface area (Å²) in [6, 6.07) is 3.57. The average Bonchev–Trinajstić information content (AvgIpc) is 2.51. The number of ether oxygens (including phenoxy) is 1. The number of rotatable bonds is 2. The van der Waals surface area contributed by atoms with Crippen molar-refractivity contribution in [2.24, 2.45) is 7.05 Å². The molecule has 0 unspecified atom stereocenters. The van der Waals surface area contributed by atoms with Gasteiger partial charge in [-0.3, -0.25) is 14.2 Å². The molecule has 0 spiro atoms. The first kappa shape index (κ1) is 13.9. The Labute approximate surface area is 122 Å². The minimum Gasteiger partial charge on any atom is -0.381 e. The minimum atomic E-state index is -0.0895. The molecule has 0 radical (unpaired) electrons. The van der Waals surface area contributed by atoms with Gasteiger partial charge in [-0.2, -0.15) is 0 Å². The van der Waals surface area contributed by atoms with E-state index >= 15 is 0 Å². The van der Waals surface area contributed by atoms with Crippen molar-refractivity contribution >= 4 is 17.2 Å². The zero-order chi connectivity index (χ0) is 15.0. The zero-order valence-electron chi connectivity index (χ0n) is 12.3. The van der Waals surface area contributed by atoms with Gasteiger partial charge in [-0.25, -0.2) is 4.98 Å². The number of nitrogens with zero attached hydrogens (tertiary/aromatic N) is 2. The summed E-state index contributed by atoms with van der Waals surface area (Å²) in [5, 5.41) is 0.510. The first-order valence-corrected chi connectivity index (χ1v) is 7.16. The van der Waals surface area contributed by atoms with Crippen molar-refractivity contribution in [1.82, 2.24) is 9.55 Å². The quantitative estimate of drug-likeness (QED) is 0.792. The summed E-state index contributed by atoms with van der Waals surface area (Å²) in [7, 11) is 1.75. The van der Waals surface area contributed by atoms with Crippen LogP contribution >= 0.6 is 0 Å². The number of hydrogen-bond acceptors (Lipinski definition) is 4. The minimum absolute atomic E-state index is 0.0895. The van der Waals surface area contributed by atoms with Crippen LogP contribution in [-0.4, -0.2) is 29.1 Å². The van der Waals surface area contributed by atoms with Crippen molar-refractivity contribution in [1.29, 1.82) is 0 Å². The standard InChI is InChI=1S/C16H18N2O3/c1-10-7-12(9-19)14-13(8-10)16(20)18(2)15(17-14)11-3-5-21-6-4-11/h7-9,11H,3-6H2,1-2H3. The predicted molar refractivity (Wildman–Crippen MR) is 79.9 cm³/mol. The third kappa shape index (κ3) is 2.38. The van der Waals surface area contributed by atoms with Gasteiger partial charge in [0.2, 0.25) is 0 Å². The van der Waals surface area contributed by atoms with Crippen LogP contribution in [0.4, 0.5) is 0 Å². The van der Waals surface area contributed by atoms with Crippen LogP contribution in [0.15, 0.2) is 16.9 Å². The molecule has 1 aliphatic heterocycles. The summed E-state index contributed by atoms with van der Waals surface area (Å²) < 4.78 is 6.99. The monoisotopic (exact) mass is 286 g/mol. The number of hydrogen-bond donors (Lipinski definition) is 0. The van der Waals surface area contributed by atoms with Gasteiger partial charge < -0.3 is 4.74 Å². The van der Waals surface area contributed by atoms with Gasteiger partial charge in [0, 0.05) is 31.7 Å². The fraction of sp³-hybridized carbons (Fsp3) is 0.438. The van der Waals surface area contributed by atoms with E-state index in [0.717, 1.165) is 30.5 Å². The summed E-state index contributed by atoms with van der Waals surface area (Å²) in [6.45, 7) is 3.25. The van der Waals surface area contributed by atoms with Gasteiger partial charge in [-0.1, -0.05) is 0 Å². The molecule has 5 nitrogen and oxygen atoms in total. The molecule has 0 aliphatic carbocycles. The molecule has 2 aromatic rings. The van der Waals surface area contributed by atoms with E-state index in [-0.39, 0.29) is 11.5 Å². The Hall–Kier alpha value is -2.01. The van der Waals surface area contributed by atoms with Crippen molar-refractivity contribution in [2.45, 2.75) is 25.7 Å². The maximum absolute atomic E-state index is 12.6. The van der Waals surface area contributed by atoms with Crippen molar-refractivity contribution in [3.05, 3.63) is 39.4 Å². The van der Waals surface area contributed by atoms with E-state index in [4.69, 9.17) is 4.74 Å². The number of aromatic nitrogens is 2. The highest BCUT2D eigenvalue weighted by molar-refractivity contribution is 5.95. The Morgan fingerprint density at radius 2 is 2.05 bits per heavy atom. The molecule has 2 heterocycles. The summed E-state index contributed by atoms with van der Waals surface area (Å²) in [4.78, 5) is 28.5. The van der Waals surface area contributed by atoms with Gasteiger partial charge in [0.1, 0.15) is 5.82 Å². The molecule has 1 aromatic carbocycles. The van der Waals surface area contributed by atoms with Crippen LogP contribution in [0.5, 0.6) is 0 Å². The maximum Gasteiger partial charge on any atom is 0.261 e. The normalized spacial score (nSPS) is 16.3. The van der Waals surface area contributed by atoms with Gasteiger partial charge in [-0.05, 0) is 37.5 Å². The van der Waals surface area contributed by atoms with E-state index in [2.05, 4.69) is 4.98 Å². The average molecular weight is 286 g/mol. The lowest BCUT2D eigenvalue weighted by Gasteiger charge is -2.23. The van der Waals surface area contributed by atoms with Crippen LogP contribution in [0.3, 0.4) is 0 Å². The number of carbonyl (C=O) groups is 1. The summed E-state index contributed by atoms with van der Waals surface area (Å²) in [6.07, 6.45) is 2.48. The molecule has 0 saturated carbocycles. The molecule has 110 valence electrons. The second-order valence-electron chi connectivity index (χ2n) is 5.59. The highest BCUT2D eigenvalue weighted by atomic mass is 16.5. The van der Waals surface area contributed by atoms with Gasteiger partial charge in [0.25, 0.3) is 5.56 Å². The lowest BCUT2D eigenvalue weighted by molar-refractivity contribution is 0.0828. The van der Waals surface area contributed by atoms with Gasteiger partial charge in [0.05, 0.1) is 10.9 Å². The van der Waals surface area contributed by atoms with Crippen LogP contribution in [-0.2, 0) is 11.8 Å². The molecule has 1 fully saturated rings. The van der Waals surface area contributed by atoms with Crippen LogP contribution in [0.2, 0.25) is 0 Å². The molecule has 0 N–H and O–H groups in total. The largest absolute Gasteiger partial charge is 0.381 e. The van der Waals surface area contributed by atoms with Crippen molar-refractivity contribution in [3.63, 3.8) is 0 Å². The Kier molecular flexibility index (Phi) is 3.59. The first-order chi connectivity index (χ1) is 10.1. The van der Waals surface area contributed by atoms with E-state index in [1.165, 1.54) is 0 Å². The molecular weight excluding hydrogens is 268 g/mol. The van der Waals surface area contributed by atoms with E-state index in [1.54, 1.807) is 23.7 Å². The van der Waals surface area contributed by atoms with Crippen molar-refractivity contribution in [2.75, 3.05) is 13.2 Å². The van der Waals surface area contributed by atoms with Crippen LogP contribution in [0.25, 0.3) is 10.9 Å². The zero-order valence-corrected chi connectivity index (χ0v) is 12.3. The topological polar surface area (TPSA) is 61.2 Å². The second-order valence-corrected chi connectivity index (χ2v) is 5.59. The van der Waals surface area contributed by atoms with E-state index in [1.807, 2.05) is 6.92 Å². The molecule has 3 rings (SSSR count). The number of aryl methyl sites for hydroxylation is 1. The fourth-order valence-electron chi connectivity index (χ4n) is 2.98. The molecule has 5 heteroatoms. The summed E-state index contributed by atoms with van der Waals surface area (Å²) >= 11 is 0. The highest BCUT2D eigenvalue weighted by Gasteiger charge is 2.22. The molecule has 1 saturated heterocycles. The van der Waals surface area contributed by atoms with Gasteiger partial charge in [-0.15, -0.1) is 0 Å². The molecule has 0 atom stereocenters. The molecule has 21 heavy (non-hydrogen) atoms. The summed E-state index contributed by atoms with van der Waals surface area (Å²) in [5.41, 5.74) is 1.80. The number of fused-ring (bicyclic) bond motifs is 1. The third-order valence-corrected chi connectivity index (χ3v) is 4.10. The van der Waals surface area contributed by atoms with Gasteiger partial charge >= 0.3 is 0 Å². The lowest BCUT2D eigenvalue weighted by Crippen LogP contribution is -2.27. The molecule has 1 aliphatic rings. The van der Waals surface area contributed by atoms with E-state index < -0.39 is 0 Å². The Bertz CT molecular complexity index is 758. The van der Waals surface area contributed by atoms with Crippen LogP contribution in [0, 0.1) is 6.92 Å². The lowest BCUT2D eigenvalue weighted by atomic mass is 9.98. The number of aldehydes is 1. The smallest absolute Gasteiger partial charge is 0.261 e. The molecule has 1 aromatic heterocycles. The fourth-order valence-corrected chi connectivity index (χ4v) is 2.98. The first-order valence-electron chi connectivity index (χ1n) is 7.16.